The number of para-hydroxylation sites is 2. The Morgan fingerprint density at radius 3 is 2.88 bits per heavy atom. The minimum absolute atomic E-state index is 0.598. The summed E-state index contributed by atoms with van der Waals surface area (Å²) in [6, 6.07) is 13.3. The number of benzene rings is 2. The molecule has 1 N–H and O–H groups in total. The summed E-state index contributed by atoms with van der Waals surface area (Å²) in [6.07, 6.45) is 0.893. The first-order valence-electron chi connectivity index (χ1n) is 8.22. The third-order valence-corrected chi connectivity index (χ3v) is 4.79. The summed E-state index contributed by atoms with van der Waals surface area (Å²) in [5, 5.41) is 9.56. The first-order chi connectivity index (χ1) is 12.2. The molecule has 0 atom stereocenters. The number of halogens is 2. The molecule has 6 heteroatoms. The van der Waals surface area contributed by atoms with Crippen molar-refractivity contribution in [2.45, 2.75) is 13.3 Å². The second-order valence-electron chi connectivity index (χ2n) is 5.79. The molecule has 0 bridgehead atoms. The average Bonchev–Trinajstić information content (AvgIpc) is 3.21. The van der Waals surface area contributed by atoms with Crippen LogP contribution in [0.2, 0.25) is 10.0 Å². The highest BCUT2D eigenvalue weighted by Gasteiger charge is 2.26. The van der Waals surface area contributed by atoms with E-state index in [1.54, 1.807) is 12.1 Å². The van der Waals surface area contributed by atoms with E-state index >= 15 is 0 Å². The fraction of sp³-hybridized carbons (Fsp3) is 0.211. The van der Waals surface area contributed by atoms with Gasteiger partial charge in [0.25, 0.3) is 0 Å². The molecule has 0 fully saturated rings. The van der Waals surface area contributed by atoms with E-state index < -0.39 is 0 Å². The number of aromatic nitrogens is 2. The largest absolute Gasteiger partial charge is 0.492 e. The summed E-state index contributed by atoms with van der Waals surface area (Å²) >= 11 is 12.6. The summed E-state index contributed by atoms with van der Waals surface area (Å²) in [4.78, 5) is 0. The molecule has 128 valence electrons. The Hall–Kier alpha value is -2.17. The first-order valence-corrected chi connectivity index (χ1v) is 8.98. The van der Waals surface area contributed by atoms with Gasteiger partial charge < -0.3 is 10.1 Å². The predicted octanol–water partition coefficient (Wildman–Crippen LogP) is 5.21. The molecule has 2 heterocycles. The van der Waals surface area contributed by atoms with Gasteiger partial charge in [0.1, 0.15) is 17.3 Å². The normalized spacial score (nSPS) is 12.8. The molecule has 0 saturated carbocycles. The van der Waals surface area contributed by atoms with Gasteiger partial charge in [-0.1, -0.05) is 35.3 Å². The lowest BCUT2D eigenvalue weighted by molar-refractivity contribution is 0.338. The topological polar surface area (TPSA) is 39.1 Å². The van der Waals surface area contributed by atoms with Crippen LogP contribution in [0, 0.1) is 0 Å². The van der Waals surface area contributed by atoms with Crippen molar-refractivity contribution in [3.8, 4) is 22.7 Å². The maximum absolute atomic E-state index is 6.42. The van der Waals surface area contributed by atoms with E-state index in [1.165, 1.54) is 0 Å². The summed E-state index contributed by atoms with van der Waals surface area (Å²) in [6.45, 7) is 3.44. The quantitative estimate of drug-likeness (QED) is 0.681. The Bertz CT molecular complexity index is 936. The maximum Gasteiger partial charge on any atom is 0.145 e. The van der Waals surface area contributed by atoms with Crippen LogP contribution in [-0.2, 0) is 6.42 Å². The number of hydrogen-bond acceptors (Lipinski definition) is 3. The molecular weight excluding hydrogens is 357 g/mol. The average molecular weight is 374 g/mol. The molecular formula is C19H17Cl2N3O. The molecule has 4 rings (SSSR count). The highest BCUT2D eigenvalue weighted by Crippen LogP contribution is 2.39. The van der Waals surface area contributed by atoms with Gasteiger partial charge in [0.2, 0.25) is 0 Å². The summed E-state index contributed by atoms with van der Waals surface area (Å²) in [7, 11) is 0. The van der Waals surface area contributed by atoms with Crippen molar-refractivity contribution >= 4 is 29.0 Å². The molecule has 0 unspecified atom stereocenters. The van der Waals surface area contributed by atoms with Crippen molar-refractivity contribution in [1.82, 2.24) is 9.78 Å². The molecule has 0 saturated heterocycles. The Morgan fingerprint density at radius 2 is 2.04 bits per heavy atom. The van der Waals surface area contributed by atoms with Crippen molar-refractivity contribution < 1.29 is 4.74 Å². The van der Waals surface area contributed by atoms with Crippen LogP contribution >= 0.6 is 23.2 Å². The fourth-order valence-corrected chi connectivity index (χ4v) is 3.53. The van der Waals surface area contributed by atoms with Crippen molar-refractivity contribution in [2.75, 3.05) is 18.5 Å². The van der Waals surface area contributed by atoms with Crippen molar-refractivity contribution in [2.24, 2.45) is 0 Å². The second kappa shape index (κ2) is 6.62. The summed E-state index contributed by atoms with van der Waals surface area (Å²) in [5.41, 5.74) is 3.76. The van der Waals surface area contributed by atoms with Crippen LogP contribution in [0.1, 0.15) is 12.5 Å². The number of ether oxygens (including phenoxy) is 1. The number of hydrogen-bond donors (Lipinski definition) is 1. The van der Waals surface area contributed by atoms with Crippen LogP contribution in [0.5, 0.6) is 5.75 Å². The van der Waals surface area contributed by atoms with Gasteiger partial charge in [0.05, 0.1) is 17.3 Å². The van der Waals surface area contributed by atoms with Crippen LogP contribution in [0.4, 0.5) is 5.82 Å². The highest BCUT2D eigenvalue weighted by atomic mass is 35.5. The Kier molecular flexibility index (Phi) is 4.32. The molecule has 4 nitrogen and oxygen atoms in total. The summed E-state index contributed by atoms with van der Waals surface area (Å²) < 4.78 is 7.68. The number of fused-ring (bicyclic) bond motifs is 1. The number of rotatable bonds is 4. The molecule has 1 aliphatic heterocycles. The minimum atomic E-state index is 0.598. The van der Waals surface area contributed by atoms with E-state index in [2.05, 4.69) is 5.32 Å². The lowest BCUT2D eigenvalue weighted by Gasteiger charge is -2.12. The SMILES string of the molecule is CCOc1ccccc1-n1nc(-c2cc(Cl)ccc2Cl)c2c1NCC2. The van der Waals surface area contributed by atoms with Gasteiger partial charge in [-0.2, -0.15) is 5.10 Å². The van der Waals surface area contributed by atoms with Crippen molar-refractivity contribution in [1.29, 1.82) is 0 Å². The standard InChI is InChI=1S/C19H17Cl2N3O/c1-2-25-17-6-4-3-5-16(17)24-19-13(9-10-22-19)18(23-24)14-11-12(20)7-8-15(14)21/h3-8,11,22H,2,9-10H2,1H3. The van der Waals surface area contributed by atoms with Gasteiger partial charge in [-0.05, 0) is 43.7 Å². The first kappa shape index (κ1) is 16.3. The molecule has 1 aliphatic rings. The van der Waals surface area contributed by atoms with Gasteiger partial charge in [-0.25, -0.2) is 4.68 Å². The zero-order valence-electron chi connectivity index (χ0n) is 13.7. The van der Waals surface area contributed by atoms with Crippen LogP contribution < -0.4 is 10.1 Å². The van der Waals surface area contributed by atoms with E-state index in [1.807, 2.05) is 41.9 Å². The Morgan fingerprint density at radius 1 is 1.20 bits per heavy atom. The molecule has 2 aromatic carbocycles. The monoisotopic (exact) mass is 373 g/mol. The molecule has 0 amide bonds. The second-order valence-corrected chi connectivity index (χ2v) is 6.63. The molecule has 3 aromatic rings. The maximum atomic E-state index is 6.42. The van der Waals surface area contributed by atoms with Gasteiger partial charge >= 0.3 is 0 Å². The van der Waals surface area contributed by atoms with E-state index in [4.69, 9.17) is 33.0 Å². The zero-order chi connectivity index (χ0) is 17.4. The number of nitrogens with zero attached hydrogens (tertiary/aromatic N) is 2. The van der Waals surface area contributed by atoms with Crippen LogP contribution in [-0.4, -0.2) is 22.9 Å². The van der Waals surface area contributed by atoms with E-state index in [0.717, 1.165) is 47.0 Å². The van der Waals surface area contributed by atoms with E-state index in [9.17, 15) is 0 Å². The lowest BCUT2D eigenvalue weighted by Crippen LogP contribution is -2.06. The predicted molar refractivity (Wildman–Crippen MR) is 102 cm³/mol. The van der Waals surface area contributed by atoms with Crippen molar-refractivity contribution in [3.63, 3.8) is 0 Å². The molecule has 0 aliphatic carbocycles. The van der Waals surface area contributed by atoms with Crippen LogP contribution in [0.15, 0.2) is 42.5 Å². The van der Waals surface area contributed by atoms with Crippen LogP contribution in [0.25, 0.3) is 16.9 Å². The minimum Gasteiger partial charge on any atom is -0.492 e. The molecule has 0 radical (unpaired) electrons. The van der Waals surface area contributed by atoms with E-state index in [0.29, 0.717) is 16.7 Å². The highest BCUT2D eigenvalue weighted by molar-refractivity contribution is 6.35. The third-order valence-electron chi connectivity index (χ3n) is 4.23. The molecule has 0 spiro atoms. The number of nitrogens with one attached hydrogen (secondary N) is 1. The van der Waals surface area contributed by atoms with Crippen LogP contribution in [0.3, 0.4) is 0 Å². The van der Waals surface area contributed by atoms with Gasteiger partial charge in [-0.3, -0.25) is 0 Å². The Balaban J connectivity index is 1.91. The third kappa shape index (κ3) is 2.86. The summed E-state index contributed by atoms with van der Waals surface area (Å²) in [5.74, 6) is 1.78. The smallest absolute Gasteiger partial charge is 0.145 e. The van der Waals surface area contributed by atoms with Gasteiger partial charge in [0, 0.05) is 22.7 Å². The fourth-order valence-electron chi connectivity index (χ4n) is 3.15. The Labute approximate surface area is 156 Å². The lowest BCUT2D eigenvalue weighted by atomic mass is 10.1. The zero-order valence-corrected chi connectivity index (χ0v) is 15.2. The van der Waals surface area contributed by atoms with Gasteiger partial charge in [0.15, 0.2) is 0 Å². The van der Waals surface area contributed by atoms with Crippen molar-refractivity contribution in [3.05, 3.63) is 58.1 Å². The van der Waals surface area contributed by atoms with E-state index in [-0.39, 0.29) is 0 Å². The molecule has 25 heavy (non-hydrogen) atoms. The number of anilines is 1. The molecule has 1 aromatic heterocycles. The van der Waals surface area contributed by atoms with Gasteiger partial charge in [-0.15, -0.1) is 0 Å².